The summed E-state index contributed by atoms with van der Waals surface area (Å²) in [6.07, 6.45) is 5.99. The van der Waals surface area contributed by atoms with E-state index in [1.165, 1.54) is 31.4 Å². The maximum atomic E-state index is 6.07. The van der Waals surface area contributed by atoms with Gasteiger partial charge in [0.05, 0.1) is 5.69 Å². The Morgan fingerprint density at radius 1 is 1.42 bits per heavy atom. The second-order valence-electron chi connectivity index (χ2n) is 6.11. The molecule has 1 aliphatic rings. The molecule has 2 unspecified atom stereocenters. The van der Waals surface area contributed by atoms with E-state index in [1.807, 2.05) is 11.7 Å². The number of rotatable bonds is 3. The van der Waals surface area contributed by atoms with Gasteiger partial charge in [-0.2, -0.15) is 5.10 Å². The van der Waals surface area contributed by atoms with Crippen molar-refractivity contribution in [2.24, 2.45) is 18.7 Å². The van der Waals surface area contributed by atoms with E-state index in [4.69, 9.17) is 5.73 Å². The lowest BCUT2D eigenvalue weighted by atomic mass is 9.89. The van der Waals surface area contributed by atoms with Crippen LogP contribution in [0.15, 0.2) is 6.20 Å². The van der Waals surface area contributed by atoms with E-state index in [0.29, 0.717) is 18.0 Å². The van der Waals surface area contributed by atoms with E-state index < -0.39 is 0 Å². The summed E-state index contributed by atoms with van der Waals surface area (Å²) < 4.78 is 1.93. The molecule has 2 rings (SSSR count). The smallest absolute Gasteiger partial charge is 0.0641 e. The molecule has 19 heavy (non-hydrogen) atoms. The van der Waals surface area contributed by atoms with Gasteiger partial charge in [-0.05, 0) is 52.6 Å². The Labute approximate surface area is 117 Å². The van der Waals surface area contributed by atoms with Crippen molar-refractivity contribution in [1.29, 1.82) is 0 Å². The lowest BCUT2D eigenvalue weighted by Gasteiger charge is -2.37. The van der Waals surface area contributed by atoms with Crippen LogP contribution in [0.2, 0.25) is 0 Å². The van der Waals surface area contributed by atoms with Gasteiger partial charge >= 0.3 is 0 Å². The number of aryl methyl sites for hydroxylation is 2. The van der Waals surface area contributed by atoms with Gasteiger partial charge in [0.2, 0.25) is 0 Å². The third kappa shape index (κ3) is 3.00. The van der Waals surface area contributed by atoms with E-state index in [-0.39, 0.29) is 0 Å². The lowest BCUT2D eigenvalue weighted by Crippen LogP contribution is -2.40. The van der Waals surface area contributed by atoms with Gasteiger partial charge in [-0.1, -0.05) is 6.42 Å². The molecule has 108 valence electrons. The minimum absolute atomic E-state index is 0.432. The molecule has 0 saturated carbocycles. The maximum Gasteiger partial charge on any atom is 0.0641 e. The molecule has 1 aromatic rings. The molecule has 0 bridgehead atoms. The fraction of sp³-hybridized carbons (Fsp3) is 0.800. The van der Waals surface area contributed by atoms with Crippen molar-refractivity contribution < 1.29 is 0 Å². The summed E-state index contributed by atoms with van der Waals surface area (Å²) in [5.41, 5.74) is 8.59. The van der Waals surface area contributed by atoms with Gasteiger partial charge in [0.15, 0.2) is 0 Å². The third-order valence-corrected chi connectivity index (χ3v) is 4.38. The first-order valence-electron chi connectivity index (χ1n) is 7.50. The summed E-state index contributed by atoms with van der Waals surface area (Å²) >= 11 is 0. The highest BCUT2D eigenvalue weighted by atomic mass is 15.3. The van der Waals surface area contributed by atoms with Crippen LogP contribution in [0.3, 0.4) is 0 Å². The molecule has 0 spiro atoms. The van der Waals surface area contributed by atoms with Crippen LogP contribution in [0.25, 0.3) is 0 Å². The Bertz CT molecular complexity index is 410. The Balaban J connectivity index is 2.40. The van der Waals surface area contributed by atoms with Crippen LogP contribution in [0.1, 0.15) is 50.4 Å². The molecule has 0 aromatic carbocycles. The first-order valence-corrected chi connectivity index (χ1v) is 7.50. The first kappa shape index (κ1) is 14.5. The highest BCUT2D eigenvalue weighted by Crippen LogP contribution is 2.36. The summed E-state index contributed by atoms with van der Waals surface area (Å²) in [6.45, 7) is 8.64. The standard InChI is InChI=1S/C15H28N4/c1-11(2)19-8-6-5-7-13(9-16)15(19)14-10-18(4)17-12(14)3/h10-11,13,15H,5-9,16H2,1-4H3. The number of hydrogen-bond acceptors (Lipinski definition) is 3. The normalized spacial score (nSPS) is 25.8. The van der Waals surface area contributed by atoms with Gasteiger partial charge < -0.3 is 5.73 Å². The summed E-state index contributed by atoms with van der Waals surface area (Å²) in [7, 11) is 2.00. The average Bonchev–Trinajstić information content (AvgIpc) is 2.59. The number of nitrogens with two attached hydrogens (primary N) is 1. The highest BCUT2D eigenvalue weighted by Gasteiger charge is 2.33. The topological polar surface area (TPSA) is 47.1 Å². The van der Waals surface area contributed by atoms with E-state index in [0.717, 1.165) is 12.2 Å². The summed E-state index contributed by atoms with van der Waals surface area (Å²) in [4.78, 5) is 2.62. The van der Waals surface area contributed by atoms with Crippen molar-refractivity contribution in [3.05, 3.63) is 17.5 Å². The van der Waals surface area contributed by atoms with Crippen LogP contribution < -0.4 is 5.73 Å². The Hall–Kier alpha value is -0.870. The molecule has 2 atom stereocenters. The predicted octanol–water partition coefficient (Wildman–Crippen LogP) is 2.24. The zero-order chi connectivity index (χ0) is 14.0. The van der Waals surface area contributed by atoms with E-state index in [1.54, 1.807) is 0 Å². The molecule has 1 saturated heterocycles. The van der Waals surface area contributed by atoms with E-state index in [2.05, 4.69) is 37.0 Å². The lowest BCUT2D eigenvalue weighted by molar-refractivity contribution is 0.121. The van der Waals surface area contributed by atoms with E-state index in [9.17, 15) is 0 Å². The Kier molecular flexibility index (Phi) is 4.63. The molecule has 0 aliphatic carbocycles. The van der Waals surface area contributed by atoms with Crippen molar-refractivity contribution in [1.82, 2.24) is 14.7 Å². The largest absolute Gasteiger partial charge is 0.330 e. The molecular weight excluding hydrogens is 236 g/mol. The molecular formula is C15H28N4. The van der Waals surface area contributed by atoms with Crippen molar-refractivity contribution in [3.63, 3.8) is 0 Å². The van der Waals surface area contributed by atoms with Crippen LogP contribution in [0.4, 0.5) is 0 Å². The van der Waals surface area contributed by atoms with Crippen molar-refractivity contribution in [3.8, 4) is 0 Å². The number of aromatic nitrogens is 2. The Morgan fingerprint density at radius 2 is 2.16 bits per heavy atom. The molecule has 2 heterocycles. The van der Waals surface area contributed by atoms with Crippen molar-refractivity contribution >= 4 is 0 Å². The van der Waals surface area contributed by atoms with Crippen LogP contribution >= 0.6 is 0 Å². The quantitative estimate of drug-likeness (QED) is 0.911. The summed E-state index contributed by atoms with van der Waals surface area (Å²) in [5, 5.41) is 4.53. The highest BCUT2D eigenvalue weighted by molar-refractivity contribution is 5.22. The first-order chi connectivity index (χ1) is 9.04. The fourth-order valence-corrected chi connectivity index (χ4v) is 3.44. The molecule has 2 N–H and O–H groups in total. The fourth-order valence-electron chi connectivity index (χ4n) is 3.44. The van der Waals surface area contributed by atoms with Crippen LogP contribution in [-0.2, 0) is 7.05 Å². The minimum atomic E-state index is 0.432. The third-order valence-electron chi connectivity index (χ3n) is 4.38. The molecule has 1 aliphatic heterocycles. The van der Waals surface area contributed by atoms with Crippen LogP contribution in [0, 0.1) is 12.8 Å². The van der Waals surface area contributed by atoms with E-state index >= 15 is 0 Å². The summed E-state index contributed by atoms with van der Waals surface area (Å²) in [6, 6.07) is 0.984. The van der Waals surface area contributed by atoms with Crippen molar-refractivity contribution in [2.75, 3.05) is 13.1 Å². The molecule has 0 radical (unpaired) electrons. The molecule has 4 nitrogen and oxygen atoms in total. The number of nitrogens with zero attached hydrogens (tertiary/aromatic N) is 3. The Morgan fingerprint density at radius 3 is 2.68 bits per heavy atom. The average molecular weight is 264 g/mol. The summed E-state index contributed by atoms with van der Waals surface area (Å²) in [5.74, 6) is 0.549. The minimum Gasteiger partial charge on any atom is -0.330 e. The SMILES string of the molecule is Cc1nn(C)cc1C1C(CN)CCCCN1C(C)C. The molecule has 0 amide bonds. The number of likely N-dealkylation sites (tertiary alicyclic amines) is 1. The molecule has 4 heteroatoms. The molecule has 1 aromatic heterocycles. The van der Waals surface area contributed by atoms with Crippen LogP contribution in [-0.4, -0.2) is 33.8 Å². The number of hydrogen-bond donors (Lipinski definition) is 1. The monoisotopic (exact) mass is 264 g/mol. The van der Waals surface area contributed by atoms with Gasteiger partial charge in [-0.3, -0.25) is 9.58 Å². The molecule has 1 fully saturated rings. The van der Waals surface area contributed by atoms with Gasteiger partial charge in [0.1, 0.15) is 0 Å². The van der Waals surface area contributed by atoms with Gasteiger partial charge in [0.25, 0.3) is 0 Å². The zero-order valence-electron chi connectivity index (χ0n) is 12.8. The van der Waals surface area contributed by atoms with Gasteiger partial charge in [-0.25, -0.2) is 0 Å². The maximum absolute atomic E-state index is 6.07. The second kappa shape index (κ2) is 6.06. The predicted molar refractivity (Wildman–Crippen MR) is 78.9 cm³/mol. The van der Waals surface area contributed by atoms with Gasteiger partial charge in [0, 0.05) is 30.9 Å². The van der Waals surface area contributed by atoms with Gasteiger partial charge in [-0.15, -0.1) is 0 Å². The zero-order valence-corrected chi connectivity index (χ0v) is 12.8. The van der Waals surface area contributed by atoms with Crippen molar-refractivity contribution in [2.45, 2.75) is 52.1 Å². The van der Waals surface area contributed by atoms with Crippen LogP contribution in [0.5, 0.6) is 0 Å². The second-order valence-corrected chi connectivity index (χ2v) is 6.11.